The zero-order valence-electron chi connectivity index (χ0n) is 15.0. The molecule has 0 radical (unpaired) electrons. The molecule has 0 bridgehead atoms. The molecule has 0 unspecified atom stereocenters. The fourth-order valence-electron chi connectivity index (χ4n) is 3.03. The van der Waals surface area contributed by atoms with E-state index in [4.69, 9.17) is 0 Å². The number of thiazole rings is 1. The minimum Gasteiger partial charge on any atom is -0.322 e. The van der Waals surface area contributed by atoms with Gasteiger partial charge in [0.05, 0.1) is 15.8 Å². The largest absolute Gasteiger partial charge is 0.322 e. The summed E-state index contributed by atoms with van der Waals surface area (Å²) in [5.74, 6) is 0.563. The van der Waals surface area contributed by atoms with Gasteiger partial charge >= 0.3 is 0 Å². The molecule has 1 N–H and O–H groups in total. The van der Waals surface area contributed by atoms with Crippen molar-refractivity contribution in [2.24, 2.45) is 0 Å². The van der Waals surface area contributed by atoms with Crippen molar-refractivity contribution in [2.75, 3.05) is 5.32 Å². The molecule has 28 heavy (non-hydrogen) atoms. The molecule has 0 aliphatic rings. The van der Waals surface area contributed by atoms with Gasteiger partial charge in [-0.25, -0.2) is 4.98 Å². The lowest BCUT2D eigenvalue weighted by molar-refractivity contribution is 0.102. The van der Waals surface area contributed by atoms with Crippen LogP contribution in [-0.4, -0.2) is 25.5 Å². The molecule has 3 aromatic heterocycles. The number of hydrogen-bond acceptors (Lipinski definition) is 5. The fourth-order valence-corrected chi connectivity index (χ4v) is 4.01. The number of benzene rings is 2. The van der Waals surface area contributed by atoms with Crippen molar-refractivity contribution in [3.05, 3.63) is 78.2 Å². The number of anilines is 1. The normalized spacial score (nSPS) is 11.2. The van der Waals surface area contributed by atoms with Gasteiger partial charge in [0.15, 0.2) is 5.65 Å². The summed E-state index contributed by atoms with van der Waals surface area (Å²) in [5, 5.41) is 11.9. The number of amides is 1. The standard InChI is InChI=1S/C21H15N5OS/c1-13-24-25-19-11-8-15(12-26(13)19)20(27)22-16-9-6-14(7-10-16)21-23-17-4-2-3-5-18(17)28-21/h2-12H,1H3,(H,22,27). The minimum atomic E-state index is -0.178. The molecular formula is C21H15N5OS. The molecule has 7 heteroatoms. The highest BCUT2D eigenvalue weighted by Gasteiger charge is 2.10. The van der Waals surface area contributed by atoms with Crippen LogP contribution in [0.1, 0.15) is 16.2 Å². The molecule has 0 fully saturated rings. The van der Waals surface area contributed by atoms with Crippen LogP contribution in [0.4, 0.5) is 5.69 Å². The molecule has 0 aliphatic carbocycles. The first kappa shape index (κ1) is 16.6. The van der Waals surface area contributed by atoms with E-state index in [9.17, 15) is 4.79 Å². The van der Waals surface area contributed by atoms with Crippen LogP contribution >= 0.6 is 11.3 Å². The van der Waals surface area contributed by atoms with Gasteiger partial charge in [0.25, 0.3) is 5.91 Å². The Morgan fingerprint density at radius 2 is 1.82 bits per heavy atom. The molecule has 2 aromatic carbocycles. The van der Waals surface area contributed by atoms with Crippen molar-refractivity contribution >= 4 is 38.8 Å². The van der Waals surface area contributed by atoms with E-state index in [1.54, 1.807) is 34.1 Å². The summed E-state index contributed by atoms with van der Waals surface area (Å²) in [6.45, 7) is 1.85. The third kappa shape index (κ3) is 2.91. The van der Waals surface area contributed by atoms with Gasteiger partial charge in [0, 0.05) is 17.4 Å². The van der Waals surface area contributed by atoms with Gasteiger partial charge in [0.1, 0.15) is 10.8 Å². The Balaban J connectivity index is 1.37. The van der Waals surface area contributed by atoms with Crippen LogP contribution in [0.2, 0.25) is 0 Å². The van der Waals surface area contributed by atoms with E-state index in [2.05, 4.69) is 26.6 Å². The number of nitrogens with zero attached hydrogens (tertiary/aromatic N) is 4. The van der Waals surface area contributed by atoms with Crippen LogP contribution in [0.5, 0.6) is 0 Å². The molecule has 5 rings (SSSR count). The molecule has 5 aromatic rings. The third-order valence-electron chi connectivity index (χ3n) is 4.52. The smallest absolute Gasteiger partial charge is 0.257 e. The van der Waals surface area contributed by atoms with E-state index >= 15 is 0 Å². The predicted molar refractivity (Wildman–Crippen MR) is 111 cm³/mol. The number of rotatable bonds is 3. The molecule has 0 aliphatic heterocycles. The predicted octanol–water partition coefficient (Wildman–Crippen LogP) is 4.57. The van der Waals surface area contributed by atoms with Crippen LogP contribution in [0, 0.1) is 6.92 Å². The summed E-state index contributed by atoms with van der Waals surface area (Å²) >= 11 is 1.66. The van der Waals surface area contributed by atoms with Crippen LogP contribution < -0.4 is 5.32 Å². The molecular weight excluding hydrogens is 370 g/mol. The highest BCUT2D eigenvalue weighted by atomic mass is 32.1. The molecule has 136 valence electrons. The number of fused-ring (bicyclic) bond motifs is 2. The van der Waals surface area contributed by atoms with Gasteiger partial charge in [-0.3, -0.25) is 9.20 Å². The van der Waals surface area contributed by atoms with E-state index in [-0.39, 0.29) is 5.91 Å². The van der Waals surface area contributed by atoms with Crippen molar-refractivity contribution in [2.45, 2.75) is 6.92 Å². The van der Waals surface area contributed by atoms with E-state index in [0.29, 0.717) is 11.2 Å². The summed E-state index contributed by atoms with van der Waals surface area (Å²) in [4.78, 5) is 17.3. The number of aryl methyl sites for hydroxylation is 1. The van der Waals surface area contributed by atoms with Crippen LogP contribution in [0.3, 0.4) is 0 Å². The topological polar surface area (TPSA) is 72.2 Å². The maximum absolute atomic E-state index is 12.6. The Hall–Kier alpha value is -3.58. The summed E-state index contributed by atoms with van der Waals surface area (Å²) in [6, 6.07) is 19.3. The molecule has 3 heterocycles. The molecule has 0 saturated carbocycles. The van der Waals surface area contributed by atoms with Crippen molar-refractivity contribution in [3.63, 3.8) is 0 Å². The highest BCUT2D eigenvalue weighted by molar-refractivity contribution is 7.21. The number of nitrogens with one attached hydrogen (secondary N) is 1. The minimum absolute atomic E-state index is 0.178. The van der Waals surface area contributed by atoms with Gasteiger partial charge in [0.2, 0.25) is 0 Å². The monoisotopic (exact) mass is 385 g/mol. The second kappa shape index (κ2) is 6.54. The van der Waals surface area contributed by atoms with Gasteiger partial charge in [-0.2, -0.15) is 0 Å². The summed E-state index contributed by atoms with van der Waals surface area (Å²) < 4.78 is 2.96. The van der Waals surface area contributed by atoms with Gasteiger partial charge < -0.3 is 5.32 Å². The van der Waals surface area contributed by atoms with Crippen LogP contribution in [0.25, 0.3) is 26.4 Å². The molecule has 0 spiro atoms. The number of hydrogen-bond donors (Lipinski definition) is 1. The maximum Gasteiger partial charge on any atom is 0.257 e. The Kier molecular flexibility index (Phi) is 3.87. The molecule has 6 nitrogen and oxygen atoms in total. The highest BCUT2D eigenvalue weighted by Crippen LogP contribution is 2.30. The Morgan fingerprint density at radius 1 is 1.00 bits per heavy atom. The number of carbonyl (C=O) groups is 1. The second-order valence-corrected chi connectivity index (χ2v) is 7.44. The Morgan fingerprint density at radius 3 is 2.64 bits per heavy atom. The van der Waals surface area contributed by atoms with E-state index in [1.165, 1.54) is 0 Å². The molecule has 0 atom stereocenters. The Bertz CT molecular complexity index is 1290. The summed E-state index contributed by atoms with van der Waals surface area (Å²) in [6.07, 6.45) is 1.75. The van der Waals surface area contributed by atoms with Gasteiger partial charge in [-0.15, -0.1) is 21.5 Å². The molecule has 0 saturated heterocycles. The van der Waals surface area contributed by atoms with E-state index < -0.39 is 0 Å². The lowest BCUT2D eigenvalue weighted by atomic mass is 10.2. The third-order valence-corrected chi connectivity index (χ3v) is 5.60. The number of pyridine rings is 1. The van der Waals surface area contributed by atoms with Crippen molar-refractivity contribution in [3.8, 4) is 10.6 Å². The fraction of sp³-hybridized carbons (Fsp3) is 0.0476. The first-order valence-corrected chi connectivity index (χ1v) is 9.58. The van der Waals surface area contributed by atoms with Gasteiger partial charge in [-0.05, 0) is 55.5 Å². The maximum atomic E-state index is 12.6. The average molecular weight is 385 g/mol. The lowest BCUT2D eigenvalue weighted by Crippen LogP contribution is -2.12. The zero-order valence-corrected chi connectivity index (χ0v) is 15.8. The first-order valence-electron chi connectivity index (χ1n) is 8.76. The average Bonchev–Trinajstić information content (AvgIpc) is 3.32. The van der Waals surface area contributed by atoms with Crippen LogP contribution in [0.15, 0.2) is 66.9 Å². The van der Waals surface area contributed by atoms with Gasteiger partial charge in [-0.1, -0.05) is 12.1 Å². The lowest BCUT2D eigenvalue weighted by Gasteiger charge is -2.06. The van der Waals surface area contributed by atoms with E-state index in [0.717, 1.165) is 32.3 Å². The SMILES string of the molecule is Cc1nnc2ccc(C(=O)Nc3ccc(-c4nc5ccccc5s4)cc3)cn12. The van der Waals surface area contributed by atoms with Crippen LogP contribution in [-0.2, 0) is 0 Å². The van der Waals surface area contributed by atoms with Crippen molar-refractivity contribution < 1.29 is 4.79 Å². The zero-order chi connectivity index (χ0) is 19.1. The van der Waals surface area contributed by atoms with Crippen molar-refractivity contribution in [1.82, 2.24) is 19.6 Å². The number of aromatic nitrogens is 4. The summed E-state index contributed by atoms with van der Waals surface area (Å²) in [5.41, 5.74) is 4.02. The quantitative estimate of drug-likeness (QED) is 0.494. The van der Waals surface area contributed by atoms with E-state index in [1.807, 2.05) is 49.4 Å². The number of para-hydroxylation sites is 1. The van der Waals surface area contributed by atoms with Crippen molar-refractivity contribution in [1.29, 1.82) is 0 Å². The molecule has 1 amide bonds. The second-order valence-electron chi connectivity index (χ2n) is 6.41. The Labute approximate surface area is 164 Å². The number of carbonyl (C=O) groups excluding carboxylic acids is 1. The summed E-state index contributed by atoms with van der Waals surface area (Å²) in [7, 11) is 0. The first-order chi connectivity index (χ1) is 13.7.